The van der Waals surface area contributed by atoms with Gasteiger partial charge in [0.25, 0.3) is 0 Å². The van der Waals surface area contributed by atoms with Crippen LogP contribution in [0.1, 0.15) is 5.56 Å². The summed E-state index contributed by atoms with van der Waals surface area (Å²) in [4.78, 5) is 12.0. The molecule has 27 heavy (non-hydrogen) atoms. The van der Waals surface area contributed by atoms with E-state index in [4.69, 9.17) is 11.6 Å². The minimum absolute atomic E-state index is 0.172. The molecule has 0 heterocycles. The zero-order valence-electron chi connectivity index (χ0n) is 14.1. The van der Waals surface area contributed by atoms with Crippen LogP contribution in [-0.2, 0) is 4.79 Å². The van der Waals surface area contributed by atoms with Gasteiger partial charge in [-0.3, -0.25) is 4.79 Å². The van der Waals surface area contributed by atoms with Crippen molar-refractivity contribution in [3.63, 3.8) is 0 Å². The number of carbonyl (C=O) groups excluding carboxylic acids is 1. The van der Waals surface area contributed by atoms with Gasteiger partial charge in [-0.1, -0.05) is 35.9 Å². The van der Waals surface area contributed by atoms with Crippen molar-refractivity contribution in [3.8, 4) is 0 Å². The number of azo groups is 1. The van der Waals surface area contributed by atoms with Crippen molar-refractivity contribution in [2.45, 2.75) is 0 Å². The van der Waals surface area contributed by atoms with Crippen LogP contribution in [0.15, 0.2) is 89.1 Å². The Hall–Kier alpha value is -3.31. The van der Waals surface area contributed by atoms with Gasteiger partial charge in [-0.2, -0.15) is 10.2 Å². The number of hydrogen-bond acceptors (Lipinski definition) is 3. The lowest BCUT2D eigenvalue weighted by atomic mass is 10.2. The molecule has 1 amide bonds. The summed E-state index contributed by atoms with van der Waals surface area (Å²) < 4.78 is 13.7. The molecule has 0 fully saturated rings. The number of anilines is 1. The number of hydrogen-bond donors (Lipinski definition) is 1. The molecular formula is C21H15ClFN3O. The minimum Gasteiger partial charge on any atom is -0.323 e. The summed E-state index contributed by atoms with van der Waals surface area (Å²) in [7, 11) is 0. The predicted molar refractivity (Wildman–Crippen MR) is 106 cm³/mol. The van der Waals surface area contributed by atoms with Gasteiger partial charge < -0.3 is 5.32 Å². The van der Waals surface area contributed by atoms with Crippen molar-refractivity contribution in [2.75, 3.05) is 5.32 Å². The van der Waals surface area contributed by atoms with Crippen molar-refractivity contribution in [3.05, 3.63) is 95.3 Å². The molecule has 6 heteroatoms. The second kappa shape index (κ2) is 8.87. The van der Waals surface area contributed by atoms with Gasteiger partial charge in [0.05, 0.1) is 16.4 Å². The van der Waals surface area contributed by atoms with E-state index in [9.17, 15) is 9.18 Å². The molecule has 4 nitrogen and oxygen atoms in total. The van der Waals surface area contributed by atoms with E-state index < -0.39 is 11.7 Å². The molecular weight excluding hydrogens is 365 g/mol. The normalized spacial score (nSPS) is 11.2. The quantitative estimate of drug-likeness (QED) is 0.396. The maximum Gasteiger partial charge on any atom is 0.248 e. The maximum atomic E-state index is 13.7. The first-order chi connectivity index (χ1) is 13.1. The van der Waals surface area contributed by atoms with Gasteiger partial charge >= 0.3 is 0 Å². The lowest BCUT2D eigenvalue weighted by molar-refractivity contribution is -0.111. The molecule has 0 aromatic heterocycles. The molecule has 0 bridgehead atoms. The van der Waals surface area contributed by atoms with E-state index in [1.165, 1.54) is 24.3 Å². The van der Waals surface area contributed by atoms with Crippen LogP contribution in [0.4, 0.5) is 21.5 Å². The van der Waals surface area contributed by atoms with Crippen molar-refractivity contribution < 1.29 is 9.18 Å². The standard InChI is InChI=1S/C21H15ClFN3O/c22-19-7-4-8-20(23)18(19)13-14-21(27)24-15-9-11-17(12-10-15)26-25-16-5-2-1-3-6-16/h1-14H,(H,24,27). The van der Waals surface area contributed by atoms with Crippen molar-refractivity contribution >= 4 is 40.6 Å². The second-order valence-corrected chi connectivity index (χ2v) is 5.95. The number of halogens is 2. The Kier molecular flexibility index (Phi) is 6.07. The summed E-state index contributed by atoms with van der Waals surface area (Å²) in [6.45, 7) is 0. The Morgan fingerprint density at radius 3 is 2.22 bits per heavy atom. The van der Waals surface area contributed by atoms with Crippen LogP contribution >= 0.6 is 11.6 Å². The fraction of sp³-hybridized carbons (Fsp3) is 0. The van der Waals surface area contributed by atoms with Gasteiger partial charge in [-0.25, -0.2) is 4.39 Å². The number of carbonyl (C=O) groups is 1. The third kappa shape index (κ3) is 5.33. The molecule has 0 aliphatic heterocycles. The molecule has 0 aliphatic rings. The third-order valence-corrected chi connectivity index (χ3v) is 3.90. The molecule has 1 N–H and O–H groups in total. The first-order valence-electron chi connectivity index (χ1n) is 8.12. The monoisotopic (exact) mass is 379 g/mol. The third-order valence-electron chi connectivity index (χ3n) is 3.57. The van der Waals surface area contributed by atoms with E-state index in [1.54, 1.807) is 30.3 Å². The van der Waals surface area contributed by atoms with Gasteiger partial charge in [0, 0.05) is 17.3 Å². The fourth-order valence-corrected chi connectivity index (χ4v) is 2.46. The zero-order valence-corrected chi connectivity index (χ0v) is 14.9. The van der Waals surface area contributed by atoms with E-state index in [2.05, 4.69) is 15.5 Å². The number of amides is 1. The van der Waals surface area contributed by atoms with Gasteiger partial charge in [0.15, 0.2) is 0 Å². The van der Waals surface area contributed by atoms with E-state index in [0.717, 1.165) is 5.69 Å². The largest absolute Gasteiger partial charge is 0.323 e. The first kappa shape index (κ1) is 18.5. The van der Waals surface area contributed by atoms with Gasteiger partial charge in [0.2, 0.25) is 5.91 Å². The number of benzene rings is 3. The van der Waals surface area contributed by atoms with Crippen LogP contribution in [0.25, 0.3) is 6.08 Å². The highest BCUT2D eigenvalue weighted by atomic mass is 35.5. The maximum absolute atomic E-state index is 13.7. The molecule has 3 rings (SSSR count). The van der Waals surface area contributed by atoms with E-state index in [0.29, 0.717) is 11.4 Å². The van der Waals surface area contributed by atoms with Crippen LogP contribution in [0.5, 0.6) is 0 Å². The van der Waals surface area contributed by atoms with Crippen LogP contribution in [0.2, 0.25) is 5.02 Å². The highest BCUT2D eigenvalue weighted by molar-refractivity contribution is 6.32. The van der Waals surface area contributed by atoms with Crippen molar-refractivity contribution in [2.24, 2.45) is 10.2 Å². The van der Waals surface area contributed by atoms with Gasteiger partial charge in [0.1, 0.15) is 5.82 Å². The topological polar surface area (TPSA) is 53.8 Å². The Labute approximate surface area is 161 Å². The number of nitrogens with one attached hydrogen (secondary N) is 1. The predicted octanol–water partition coefficient (Wildman–Crippen LogP) is 6.55. The minimum atomic E-state index is -0.486. The van der Waals surface area contributed by atoms with E-state index in [-0.39, 0.29) is 10.6 Å². The van der Waals surface area contributed by atoms with Gasteiger partial charge in [-0.05, 0) is 54.6 Å². The van der Waals surface area contributed by atoms with Crippen LogP contribution < -0.4 is 5.32 Å². The van der Waals surface area contributed by atoms with Gasteiger partial charge in [-0.15, -0.1) is 0 Å². The molecule has 0 spiro atoms. The highest BCUT2D eigenvalue weighted by Gasteiger charge is 2.04. The number of rotatable bonds is 5. The molecule has 3 aromatic carbocycles. The number of nitrogens with zero attached hydrogens (tertiary/aromatic N) is 2. The van der Waals surface area contributed by atoms with Crippen molar-refractivity contribution in [1.29, 1.82) is 0 Å². The molecule has 0 atom stereocenters. The second-order valence-electron chi connectivity index (χ2n) is 5.54. The Morgan fingerprint density at radius 2 is 1.56 bits per heavy atom. The molecule has 0 saturated heterocycles. The highest BCUT2D eigenvalue weighted by Crippen LogP contribution is 2.21. The summed E-state index contributed by atoms with van der Waals surface area (Å²) >= 11 is 5.92. The molecule has 134 valence electrons. The summed E-state index contributed by atoms with van der Waals surface area (Å²) in [5, 5.41) is 11.2. The molecule has 0 aliphatic carbocycles. The first-order valence-corrected chi connectivity index (χ1v) is 8.49. The summed E-state index contributed by atoms with van der Waals surface area (Å²) in [5.74, 6) is -0.882. The zero-order chi connectivity index (χ0) is 19.1. The average molecular weight is 380 g/mol. The average Bonchev–Trinajstić information content (AvgIpc) is 2.68. The molecule has 3 aromatic rings. The van der Waals surface area contributed by atoms with Crippen LogP contribution in [0.3, 0.4) is 0 Å². The smallest absolute Gasteiger partial charge is 0.248 e. The molecule has 0 unspecified atom stereocenters. The lowest BCUT2D eigenvalue weighted by Gasteiger charge is -2.03. The van der Waals surface area contributed by atoms with E-state index >= 15 is 0 Å². The Bertz CT molecular complexity index is 966. The molecule has 0 radical (unpaired) electrons. The van der Waals surface area contributed by atoms with Crippen LogP contribution in [0, 0.1) is 5.82 Å². The summed E-state index contributed by atoms with van der Waals surface area (Å²) in [6, 6.07) is 20.6. The van der Waals surface area contributed by atoms with Crippen molar-refractivity contribution in [1.82, 2.24) is 0 Å². The fourth-order valence-electron chi connectivity index (χ4n) is 2.23. The van der Waals surface area contributed by atoms with Crippen LogP contribution in [-0.4, -0.2) is 5.91 Å². The molecule has 0 saturated carbocycles. The Morgan fingerprint density at radius 1 is 0.889 bits per heavy atom. The Balaban J connectivity index is 1.62. The SMILES string of the molecule is O=C(C=Cc1c(F)cccc1Cl)Nc1ccc(N=Nc2ccccc2)cc1. The lowest BCUT2D eigenvalue weighted by Crippen LogP contribution is -2.07. The van der Waals surface area contributed by atoms with E-state index in [1.807, 2.05) is 30.3 Å². The summed E-state index contributed by atoms with van der Waals surface area (Å²) in [5.41, 5.74) is 2.17. The summed E-state index contributed by atoms with van der Waals surface area (Å²) in [6.07, 6.45) is 2.57.